The van der Waals surface area contributed by atoms with E-state index >= 15 is 0 Å². The molecule has 3 rings (SSSR count). The smallest absolute Gasteiger partial charge is 0.159 e. The van der Waals surface area contributed by atoms with Gasteiger partial charge < -0.3 is 9.64 Å². The number of aromatic nitrogens is 2. The van der Waals surface area contributed by atoms with Gasteiger partial charge in [-0.3, -0.25) is 4.90 Å². The third-order valence-corrected chi connectivity index (χ3v) is 4.89. The first-order valence-corrected chi connectivity index (χ1v) is 9.53. The molecule has 1 aromatic heterocycles. The van der Waals surface area contributed by atoms with E-state index in [1.807, 2.05) is 36.7 Å². The molecule has 1 aromatic carbocycles. The van der Waals surface area contributed by atoms with Crippen molar-refractivity contribution in [3.8, 4) is 11.4 Å². The van der Waals surface area contributed by atoms with Crippen LogP contribution >= 0.6 is 11.6 Å². The van der Waals surface area contributed by atoms with Crippen molar-refractivity contribution < 1.29 is 4.74 Å². The predicted molar refractivity (Wildman–Crippen MR) is 105 cm³/mol. The second kappa shape index (κ2) is 9.42. The summed E-state index contributed by atoms with van der Waals surface area (Å²) in [6.07, 6.45) is 6.44. The Balaban J connectivity index is 1.46. The van der Waals surface area contributed by atoms with Gasteiger partial charge in [0.25, 0.3) is 0 Å². The highest BCUT2D eigenvalue weighted by molar-refractivity contribution is 6.30. The van der Waals surface area contributed by atoms with Gasteiger partial charge in [-0.05, 0) is 51.2 Å². The summed E-state index contributed by atoms with van der Waals surface area (Å²) in [6, 6.07) is 7.61. The molecule has 1 fully saturated rings. The molecule has 0 atom stereocenters. The lowest BCUT2D eigenvalue weighted by Gasteiger charge is -2.32. The van der Waals surface area contributed by atoms with E-state index in [0.29, 0.717) is 6.10 Å². The molecule has 1 aliphatic heterocycles. The Morgan fingerprint density at radius 3 is 2.38 bits per heavy atom. The van der Waals surface area contributed by atoms with Gasteiger partial charge in [0, 0.05) is 54.7 Å². The number of piperidine rings is 1. The zero-order valence-corrected chi connectivity index (χ0v) is 16.3. The minimum atomic E-state index is 0.398. The van der Waals surface area contributed by atoms with Crippen molar-refractivity contribution in [2.75, 3.05) is 40.3 Å². The van der Waals surface area contributed by atoms with E-state index < -0.39 is 0 Å². The van der Waals surface area contributed by atoms with Gasteiger partial charge >= 0.3 is 0 Å². The van der Waals surface area contributed by atoms with Gasteiger partial charge in [0.15, 0.2) is 5.82 Å². The quantitative estimate of drug-likeness (QED) is 0.743. The number of nitrogens with zero attached hydrogens (tertiary/aromatic N) is 4. The average Bonchev–Trinajstić information content (AvgIpc) is 2.64. The minimum Gasteiger partial charge on any atom is -0.377 e. The Morgan fingerprint density at radius 2 is 1.77 bits per heavy atom. The Morgan fingerprint density at radius 1 is 1.12 bits per heavy atom. The van der Waals surface area contributed by atoms with Crippen LogP contribution in [0.2, 0.25) is 5.02 Å². The van der Waals surface area contributed by atoms with Gasteiger partial charge in [0.1, 0.15) is 0 Å². The molecule has 140 valence electrons. The van der Waals surface area contributed by atoms with Gasteiger partial charge in [0.05, 0.1) is 12.7 Å². The minimum absolute atomic E-state index is 0.398. The van der Waals surface area contributed by atoms with E-state index in [2.05, 4.69) is 33.9 Å². The average molecular weight is 375 g/mol. The first-order chi connectivity index (χ1) is 12.6. The SMILES string of the molecule is CN(C)CCOC1CCN(Cc2cnc(-c3ccc(Cl)cc3)nc2)CC1. The molecule has 5 nitrogen and oxygen atoms in total. The van der Waals surface area contributed by atoms with Crippen LogP contribution in [0.15, 0.2) is 36.7 Å². The summed E-state index contributed by atoms with van der Waals surface area (Å²) < 4.78 is 5.96. The van der Waals surface area contributed by atoms with E-state index in [0.717, 1.165) is 67.6 Å². The molecule has 0 spiro atoms. The second-order valence-electron chi connectivity index (χ2n) is 7.07. The number of ether oxygens (including phenoxy) is 1. The van der Waals surface area contributed by atoms with Gasteiger partial charge in [-0.25, -0.2) is 9.97 Å². The summed E-state index contributed by atoms with van der Waals surface area (Å²) in [5, 5.41) is 0.722. The van der Waals surface area contributed by atoms with Gasteiger partial charge in [-0.2, -0.15) is 0 Å². The molecular weight excluding hydrogens is 348 g/mol. The van der Waals surface area contributed by atoms with Gasteiger partial charge in [-0.15, -0.1) is 0 Å². The summed E-state index contributed by atoms with van der Waals surface area (Å²) in [6.45, 7) is 4.82. The van der Waals surface area contributed by atoms with Crippen LogP contribution in [-0.2, 0) is 11.3 Å². The molecule has 0 bridgehead atoms. The van der Waals surface area contributed by atoms with E-state index in [1.165, 1.54) is 0 Å². The normalized spacial score (nSPS) is 16.3. The van der Waals surface area contributed by atoms with Gasteiger partial charge in [0.2, 0.25) is 0 Å². The van der Waals surface area contributed by atoms with Crippen LogP contribution in [0, 0.1) is 0 Å². The Bertz CT molecular complexity index is 667. The third kappa shape index (κ3) is 5.74. The zero-order valence-electron chi connectivity index (χ0n) is 15.6. The lowest BCUT2D eigenvalue weighted by molar-refractivity contribution is 0.000750. The number of likely N-dealkylation sites (tertiary alicyclic amines) is 1. The van der Waals surface area contributed by atoms with Crippen molar-refractivity contribution in [3.05, 3.63) is 47.2 Å². The van der Waals surface area contributed by atoms with Crippen molar-refractivity contribution >= 4 is 11.6 Å². The highest BCUT2D eigenvalue weighted by Crippen LogP contribution is 2.19. The van der Waals surface area contributed by atoms with E-state index in [9.17, 15) is 0 Å². The van der Waals surface area contributed by atoms with E-state index in [1.54, 1.807) is 0 Å². The Labute approximate surface area is 161 Å². The number of likely N-dealkylation sites (N-methyl/N-ethyl adjacent to an activating group) is 1. The molecule has 26 heavy (non-hydrogen) atoms. The molecule has 0 aliphatic carbocycles. The second-order valence-corrected chi connectivity index (χ2v) is 7.51. The highest BCUT2D eigenvalue weighted by atomic mass is 35.5. The van der Waals surface area contributed by atoms with E-state index in [4.69, 9.17) is 16.3 Å². The Hall–Kier alpha value is -1.53. The van der Waals surface area contributed by atoms with Crippen LogP contribution in [0.1, 0.15) is 18.4 Å². The standard InChI is InChI=1S/C20H27ClN4O/c1-24(2)11-12-26-19-7-9-25(10-8-19)15-16-13-22-20(23-14-16)17-3-5-18(21)6-4-17/h3-6,13-14,19H,7-12,15H2,1-2H3. The third-order valence-electron chi connectivity index (χ3n) is 4.64. The van der Waals surface area contributed by atoms with Crippen molar-refractivity contribution in [2.45, 2.75) is 25.5 Å². The van der Waals surface area contributed by atoms with Crippen molar-refractivity contribution in [2.24, 2.45) is 0 Å². The zero-order chi connectivity index (χ0) is 18.4. The summed E-state index contributed by atoms with van der Waals surface area (Å²) in [5.74, 6) is 0.735. The summed E-state index contributed by atoms with van der Waals surface area (Å²) in [4.78, 5) is 13.6. The van der Waals surface area contributed by atoms with Crippen LogP contribution in [0.3, 0.4) is 0 Å². The highest BCUT2D eigenvalue weighted by Gasteiger charge is 2.19. The predicted octanol–water partition coefficient (Wildman–Crippen LogP) is 3.34. The first kappa shape index (κ1) is 19.2. The summed E-state index contributed by atoms with van der Waals surface area (Å²) in [5.41, 5.74) is 2.13. The van der Waals surface area contributed by atoms with Crippen LogP contribution in [-0.4, -0.2) is 66.2 Å². The topological polar surface area (TPSA) is 41.5 Å². The van der Waals surface area contributed by atoms with Crippen molar-refractivity contribution in [1.29, 1.82) is 0 Å². The Kier molecular flexibility index (Phi) is 6.97. The molecule has 1 aliphatic rings. The molecule has 2 aromatic rings. The fraction of sp³-hybridized carbons (Fsp3) is 0.500. The van der Waals surface area contributed by atoms with Crippen molar-refractivity contribution in [3.63, 3.8) is 0 Å². The van der Waals surface area contributed by atoms with Crippen LogP contribution in [0.4, 0.5) is 0 Å². The molecule has 0 N–H and O–H groups in total. The van der Waals surface area contributed by atoms with Crippen LogP contribution in [0.5, 0.6) is 0 Å². The molecule has 0 unspecified atom stereocenters. The lowest BCUT2D eigenvalue weighted by atomic mass is 10.1. The maximum absolute atomic E-state index is 5.96. The molecule has 0 radical (unpaired) electrons. The number of benzene rings is 1. The fourth-order valence-corrected chi connectivity index (χ4v) is 3.20. The van der Waals surface area contributed by atoms with Gasteiger partial charge in [-0.1, -0.05) is 11.6 Å². The largest absolute Gasteiger partial charge is 0.377 e. The molecule has 0 saturated carbocycles. The monoisotopic (exact) mass is 374 g/mol. The molecular formula is C20H27ClN4O. The molecule has 2 heterocycles. The first-order valence-electron chi connectivity index (χ1n) is 9.16. The fourth-order valence-electron chi connectivity index (χ4n) is 3.08. The summed E-state index contributed by atoms with van der Waals surface area (Å²) in [7, 11) is 4.15. The van der Waals surface area contributed by atoms with Crippen LogP contribution in [0.25, 0.3) is 11.4 Å². The number of hydrogen-bond acceptors (Lipinski definition) is 5. The number of rotatable bonds is 7. The van der Waals surface area contributed by atoms with Crippen molar-refractivity contribution in [1.82, 2.24) is 19.8 Å². The molecule has 6 heteroatoms. The number of hydrogen-bond donors (Lipinski definition) is 0. The van der Waals surface area contributed by atoms with Crippen LogP contribution < -0.4 is 0 Å². The lowest BCUT2D eigenvalue weighted by Crippen LogP contribution is -2.37. The summed E-state index contributed by atoms with van der Waals surface area (Å²) >= 11 is 5.93. The molecule has 1 saturated heterocycles. The maximum Gasteiger partial charge on any atom is 0.159 e. The number of halogens is 1. The maximum atomic E-state index is 5.96. The molecule has 0 amide bonds. The van der Waals surface area contributed by atoms with E-state index in [-0.39, 0.29) is 0 Å².